The quantitative estimate of drug-likeness (QED) is 0.586. The molecule has 0 saturated heterocycles. The summed E-state index contributed by atoms with van der Waals surface area (Å²) < 4.78 is 39.3. The summed E-state index contributed by atoms with van der Waals surface area (Å²) >= 11 is 0. The molecule has 2 aromatic rings. The third-order valence-electron chi connectivity index (χ3n) is 3.34. The Kier molecular flexibility index (Phi) is 6.44. The van der Waals surface area contributed by atoms with Gasteiger partial charge in [-0.2, -0.15) is 0 Å². The van der Waals surface area contributed by atoms with Crippen LogP contribution in [0.15, 0.2) is 59.5 Å². The Bertz CT molecular complexity index is 845. The summed E-state index contributed by atoms with van der Waals surface area (Å²) in [5.41, 5.74) is 1.66. The van der Waals surface area contributed by atoms with E-state index in [1.807, 2.05) is 6.92 Å². The van der Waals surface area contributed by atoms with E-state index in [0.29, 0.717) is 5.56 Å². The van der Waals surface area contributed by atoms with Gasteiger partial charge in [0.2, 0.25) is 15.9 Å². The van der Waals surface area contributed by atoms with E-state index < -0.39 is 10.0 Å². The minimum absolute atomic E-state index is 0.0757. The number of rotatable bonds is 7. The molecule has 0 atom stereocenters. The number of hydrogen-bond acceptors (Lipinski definition) is 3. The molecule has 2 rings (SSSR count). The molecule has 0 spiro atoms. The number of sulfonamides is 1. The topological polar surface area (TPSA) is 75.3 Å². The molecule has 0 aliphatic carbocycles. The summed E-state index contributed by atoms with van der Waals surface area (Å²) in [5.74, 6) is -0.707. The standard InChI is InChI=1S/C18H19FN2O3S/c1-14-2-9-17(10-3-14)25(23,24)21-13-12-20-18(22)11-6-15-4-7-16(19)8-5-15/h2-11,21H,12-13H2,1H3,(H,20,22)/b11-6+. The second-order valence-corrected chi connectivity index (χ2v) is 7.15. The summed E-state index contributed by atoms with van der Waals surface area (Å²) in [7, 11) is -3.59. The maximum Gasteiger partial charge on any atom is 0.244 e. The summed E-state index contributed by atoms with van der Waals surface area (Å²) in [4.78, 5) is 11.8. The predicted molar refractivity (Wildman–Crippen MR) is 94.8 cm³/mol. The van der Waals surface area contributed by atoms with Crippen molar-refractivity contribution >= 4 is 22.0 Å². The largest absolute Gasteiger partial charge is 0.351 e. The molecular formula is C18H19FN2O3S. The lowest BCUT2D eigenvalue weighted by Crippen LogP contribution is -2.34. The SMILES string of the molecule is Cc1ccc(S(=O)(=O)NCCNC(=O)/C=C/c2ccc(F)cc2)cc1. The highest BCUT2D eigenvalue weighted by molar-refractivity contribution is 7.89. The van der Waals surface area contributed by atoms with E-state index in [1.54, 1.807) is 30.3 Å². The van der Waals surface area contributed by atoms with Crippen LogP contribution in [0.2, 0.25) is 0 Å². The third-order valence-corrected chi connectivity index (χ3v) is 4.82. The number of halogens is 1. The van der Waals surface area contributed by atoms with Crippen LogP contribution >= 0.6 is 0 Å². The zero-order valence-corrected chi connectivity index (χ0v) is 14.5. The molecule has 0 aromatic heterocycles. The van der Waals surface area contributed by atoms with Crippen LogP contribution in [0.1, 0.15) is 11.1 Å². The fourth-order valence-electron chi connectivity index (χ4n) is 1.98. The Balaban J connectivity index is 1.77. The molecule has 0 heterocycles. The number of nitrogens with one attached hydrogen (secondary N) is 2. The van der Waals surface area contributed by atoms with Gasteiger partial charge in [-0.15, -0.1) is 0 Å². The van der Waals surface area contributed by atoms with Gasteiger partial charge in [0.1, 0.15) is 5.82 Å². The highest BCUT2D eigenvalue weighted by Crippen LogP contribution is 2.09. The Hall–Kier alpha value is -2.51. The maximum atomic E-state index is 12.8. The minimum Gasteiger partial charge on any atom is -0.351 e. The number of aryl methyl sites for hydroxylation is 1. The molecule has 0 fully saturated rings. The van der Waals surface area contributed by atoms with Crippen LogP contribution in [0.25, 0.3) is 6.08 Å². The first-order chi connectivity index (χ1) is 11.9. The first kappa shape index (κ1) is 18.8. The summed E-state index contributed by atoms with van der Waals surface area (Å²) in [6, 6.07) is 12.2. The zero-order chi connectivity index (χ0) is 18.3. The van der Waals surface area contributed by atoms with Crippen LogP contribution in [-0.4, -0.2) is 27.4 Å². The fourth-order valence-corrected chi connectivity index (χ4v) is 3.01. The van der Waals surface area contributed by atoms with E-state index in [1.165, 1.54) is 30.3 Å². The van der Waals surface area contributed by atoms with Crippen LogP contribution in [0, 0.1) is 12.7 Å². The van der Waals surface area contributed by atoms with E-state index in [2.05, 4.69) is 10.0 Å². The first-order valence-corrected chi connectivity index (χ1v) is 9.13. The molecule has 0 saturated carbocycles. The normalized spacial score (nSPS) is 11.6. The fraction of sp³-hybridized carbons (Fsp3) is 0.167. The number of carbonyl (C=O) groups is 1. The molecule has 132 valence electrons. The molecule has 0 bridgehead atoms. The van der Waals surface area contributed by atoms with E-state index in [9.17, 15) is 17.6 Å². The maximum absolute atomic E-state index is 12.8. The van der Waals surface area contributed by atoms with E-state index in [-0.39, 0.29) is 29.7 Å². The van der Waals surface area contributed by atoms with Crippen molar-refractivity contribution in [1.29, 1.82) is 0 Å². The second-order valence-electron chi connectivity index (χ2n) is 5.39. The van der Waals surface area contributed by atoms with E-state index >= 15 is 0 Å². The van der Waals surface area contributed by atoms with Crippen molar-refractivity contribution in [3.63, 3.8) is 0 Å². The number of amides is 1. The third kappa shape index (κ3) is 6.13. The van der Waals surface area contributed by atoms with Crippen LogP contribution in [0.4, 0.5) is 4.39 Å². The minimum atomic E-state index is -3.59. The Morgan fingerprint density at radius 1 is 1.04 bits per heavy atom. The van der Waals surface area contributed by atoms with E-state index in [4.69, 9.17) is 0 Å². The first-order valence-electron chi connectivity index (χ1n) is 7.65. The molecule has 5 nitrogen and oxygen atoms in total. The van der Waals surface area contributed by atoms with Gasteiger partial charge in [0, 0.05) is 19.2 Å². The van der Waals surface area contributed by atoms with Crippen molar-refractivity contribution in [3.05, 3.63) is 71.6 Å². The van der Waals surface area contributed by atoms with Gasteiger partial charge in [-0.1, -0.05) is 29.8 Å². The van der Waals surface area contributed by atoms with Gasteiger partial charge in [0.05, 0.1) is 4.90 Å². The van der Waals surface area contributed by atoms with Gasteiger partial charge in [-0.3, -0.25) is 4.79 Å². The van der Waals surface area contributed by atoms with Gasteiger partial charge < -0.3 is 5.32 Å². The summed E-state index contributed by atoms with van der Waals surface area (Å²) in [6.07, 6.45) is 2.85. The molecule has 0 aliphatic heterocycles. The van der Waals surface area contributed by atoms with Crippen LogP contribution in [0.3, 0.4) is 0 Å². The Labute approximate surface area is 146 Å². The average molecular weight is 362 g/mol. The molecule has 1 amide bonds. The monoisotopic (exact) mass is 362 g/mol. The van der Waals surface area contributed by atoms with Gasteiger partial charge in [-0.05, 0) is 42.8 Å². The molecule has 0 aliphatic rings. The highest BCUT2D eigenvalue weighted by Gasteiger charge is 2.12. The van der Waals surface area contributed by atoms with Gasteiger partial charge >= 0.3 is 0 Å². The second kappa shape index (κ2) is 8.55. The lowest BCUT2D eigenvalue weighted by Gasteiger charge is -2.07. The lowest BCUT2D eigenvalue weighted by molar-refractivity contribution is -0.116. The Morgan fingerprint density at radius 2 is 1.68 bits per heavy atom. The summed E-state index contributed by atoms with van der Waals surface area (Å²) in [5, 5.41) is 2.57. The predicted octanol–water partition coefficient (Wildman–Crippen LogP) is 2.24. The van der Waals surface area contributed by atoms with Crippen LogP contribution < -0.4 is 10.0 Å². The van der Waals surface area contributed by atoms with Gasteiger partial charge in [-0.25, -0.2) is 17.5 Å². The van der Waals surface area contributed by atoms with Gasteiger partial charge in [0.25, 0.3) is 0 Å². The van der Waals surface area contributed by atoms with Crippen LogP contribution in [0.5, 0.6) is 0 Å². The van der Waals surface area contributed by atoms with Crippen molar-refractivity contribution in [2.45, 2.75) is 11.8 Å². The van der Waals surface area contributed by atoms with Crippen molar-refractivity contribution < 1.29 is 17.6 Å². The molecule has 25 heavy (non-hydrogen) atoms. The number of hydrogen-bond donors (Lipinski definition) is 2. The molecule has 2 N–H and O–H groups in total. The molecule has 7 heteroatoms. The van der Waals surface area contributed by atoms with E-state index in [0.717, 1.165) is 5.56 Å². The smallest absolute Gasteiger partial charge is 0.244 e. The van der Waals surface area contributed by atoms with Crippen molar-refractivity contribution in [2.24, 2.45) is 0 Å². The molecular weight excluding hydrogens is 343 g/mol. The molecule has 2 aromatic carbocycles. The lowest BCUT2D eigenvalue weighted by atomic mass is 10.2. The number of carbonyl (C=O) groups excluding carboxylic acids is 1. The number of benzene rings is 2. The van der Waals surface area contributed by atoms with Crippen molar-refractivity contribution in [2.75, 3.05) is 13.1 Å². The average Bonchev–Trinajstić information content (AvgIpc) is 2.59. The molecule has 0 radical (unpaired) electrons. The van der Waals surface area contributed by atoms with Gasteiger partial charge in [0.15, 0.2) is 0 Å². The van der Waals surface area contributed by atoms with Crippen LogP contribution in [-0.2, 0) is 14.8 Å². The highest BCUT2D eigenvalue weighted by atomic mass is 32.2. The van der Waals surface area contributed by atoms with Crippen molar-refractivity contribution in [3.8, 4) is 0 Å². The zero-order valence-electron chi connectivity index (χ0n) is 13.7. The Morgan fingerprint density at radius 3 is 2.32 bits per heavy atom. The summed E-state index contributed by atoms with van der Waals surface area (Å²) in [6.45, 7) is 2.10. The van der Waals surface area contributed by atoms with Crippen molar-refractivity contribution in [1.82, 2.24) is 10.0 Å². The molecule has 0 unspecified atom stereocenters.